The molecule has 1 aliphatic carbocycles. The summed E-state index contributed by atoms with van der Waals surface area (Å²) in [5.41, 5.74) is 3.56. The number of aryl methyl sites for hydroxylation is 1. The van der Waals surface area contributed by atoms with E-state index in [-0.39, 0.29) is 12.4 Å². The highest BCUT2D eigenvalue weighted by atomic mass is 19.1. The lowest BCUT2D eigenvalue weighted by molar-refractivity contribution is 0.0267. The molecule has 0 N–H and O–H groups in total. The molecule has 7 nitrogen and oxygen atoms in total. The smallest absolute Gasteiger partial charge is 0.410 e. The molecule has 0 spiro atoms. The third-order valence-electron chi connectivity index (χ3n) is 6.69. The second kappa shape index (κ2) is 12.9. The number of hydrogen-bond acceptors (Lipinski definition) is 6. The standard InChI is InChI=1S/C33H36FNO6/c1-33(2,3)41-32(37)35(19-18-22-6-13-26(34)14-7-22)21-25-9-8-23-10-17-28(38-4)20-29(23)30(25)40-27-15-11-24(12-16-27)31(36)39-5/h6-7,10-17,20H,8-9,18-19,21H2,1-5H3. The van der Waals surface area contributed by atoms with Crippen LogP contribution < -0.4 is 9.47 Å². The Morgan fingerprint density at radius 1 is 0.902 bits per heavy atom. The van der Waals surface area contributed by atoms with Gasteiger partial charge in [0.05, 0.1) is 19.8 Å². The van der Waals surface area contributed by atoms with Gasteiger partial charge in [-0.2, -0.15) is 0 Å². The Balaban J connectivity index is 1.69. The Kier molecular flexibility index (Phi) is 9.32. The van der Waals surface area contributed by atoms with Crippen molar-refractivity contribution in [1.82, 2.24) is 4.90 Å². The van der Waals surface area contributed by atoms with Crippen molar-refractivity contribution >= 4 is 17.8 Å². The lowest BCUT2D eigenvalue weighted by Gasteiger charge is -2.31. The first-order chi connectivity index (χ1) is 19.6. The van der Waals surface area contributed by atoms with E-state index >= 15 is 0 Å². The number of amides is 1. The van der Waals surface area contributed by atoms with Gasteiger partial charge in [-0.05, 0) is 105 Å². The molecule has 0 saturated heterocycles. The Morgan fingerprint density at radius 3 is 2.22 bits per heavy atom. The lowest BCUT2D eigenvalue weighted by Crippen LogP contribution is -2.39. The summed E-state index contributed by atoms with van der Waals surface area (Å²) in [6, 6.07) is 18.9. The Morgan fingerprint density at radius 2 is 1.59 bits per heavy atom. The molecule has 4 rings (SSSR count). The topological polar surface area (TPSA) is 74.3 Å². The zero-order valence-electron chi connectivity index (χ0n) is 24.2. The van der Waals surface area contributed by atoms with Crippen LogP contribution in [0.2, 0.25) is 0 Å². The summed E-state index contributed by atoms with van der Waals surface area (Å²) in [5, 5.41) is 0. The van der Waals surface area contributed by atoms with Gasteiger partial charge in [0.15, 0.2) is 0 Å². The van der Waals surface area contributed by atoms with Crippen LogP contribution in [0.1, 0.15) is 54.2 Å². The number of benzene rings is 3. The molecule has 0 bridgehead atoms. The van der Waals surface area contributed by atoms with Crippen LogP contribution in [-0.2, 0) is 22.3 Å². The number of nitrogens with zero attached hydrogens (tertiary/aromatic N) is 1. The molecule has 0 fully saturated rings. The molecule has 3 aromatic rings. The van der Waals surface area contributed by atoms with Gasteiger partial charge in [-0.3, -0.25) is 0 Å². The molecule has 41 heavy (non-hydrogen) atoms. The van der Waals surface area contributed by atoms with Gasteiger partial charge in [-0.15, -0.1) is 0 Å². The second-order valence-electron chi connectivity index (χ2n) is 10.9. The van der Waals surface area contributed by atoms with Crippen molar-refractivity contribution in [3.8, 4) is 11.5 Å². The maximum Gasteiger partial charge on any atom is 0.410 e. The van der Waals surface area contributed by atoms with Crippen LogP contribution in [0, 0.1) is 5.82 Å². The second-order valence-corrected chi connectivity index (χ2v) is 10.9. The highest BCUT2D eigenvalue weighted by Crippen LogP contribution is 2.36. The van der Waals surface area contributed by atoms with Crippen molar-refractivity contribution in [1.29, 1.82) is 0 Å². The fourth-order valence-corrected chi connectivity index (χ4v) is 4.58. The van der Waals surface area contributed by atoms with Crippen LogP contribution >= 0.6 is 0 Å². The van der Waals surface area contributed by atoms with Crippen LogP contribution in [0.5, 0.6) is 11.5 Å². The summed E-state index contributed by atoms with van der Waals surface area (Å²) >= 11 is 0. The normalized spacial score (nSPS) is 12.8. The fraction of sp³-hybridized carbons (Fsp3) is 0.333. The van der Waals surface area contributed by atoms with Gasteiger partial charge >= 0.3 is 12.1 Å². The third-order valence-corrected chi connectivity index (χ3v) is 6.69. The van der Waals surface area contributed by atoms with Crippen LogP contribution in [0.4, 0.5) is 9.18 Å². The van der Waals surface area contributed by atoms with Crippen LogP contribution in [0.25, 0.3) is 5.76 Å². The van der Waals surface area contributed by atoms with E-state index in [2.05, 4.69) is 0 Å². The van der Waals surface area contributed by atoms with E-state index in [0.717, 1.165) is 28.7 Å². The maximum atomic E-state index is 13.4. The quantitative estimate of drug-likeness (QED) is 0.267. The highest BCUT2D eigenvalue weighted by molar-refractivity contribution is 5.89. The number of esters is 1. The minimum absolute atomic E-state index is 0.280. The molecule has 0 aromatic heterocycles. The largest absolute Gasteiger partial charge is 0.497 e. The van der Waals surface area contributed by atoms with Crippen LogP contribution in [0.15, 0.2) is 72.3 Å². The Labute approximate surface area is 240 Å². The molecule has 3 aromatic carbocycles. The summed E-state index contributed by atoms with van der Waals surface area (Å²) < 4.78 is 36.0. The van der Waals surface area contributed by atoms with Gasteiger partial charge in [0.1, 0.15) is 28.7 Å². The van der Waals surface area contributed by atoms with E-state index in [9.17, 15) is 14.0 Å². The molecule has 1 amide bonds. The number of hydrogen-bond donors (Lipinski definition) is 0. The number of carbonyl (C=O) groups excluding carboxylic acids is 2. The zero-order chi connectivity index (χ0) is 29.6. The van der Waals surface area contributed by atoms with E-state index < -0.39 is 17.7 Å². The number of fused-ring (bicyclic) bond motifs is 1. The summed E-state index contributed by atoms with van der Waals surface area (Å²) in [4.78, 5) is 26.9. The molecule has 1 aliphatic rings. The monoisotopic (exact) mass is 561 g/mol. The number of rotatable bonds is 9. The molecular weight excluding hydrogens is 525 g/mol. The van der Waals surface area contributed by atoms with Gasteiger partial charge in [0.2, 0.25) is 0 Å². The van der Waals surface area contributed by atoms with Crippen molar-refractivity contribution in [3.63, 3.8) is 0 Å². The van der Waals surface area contributed by atoms with Gasteiger partial charge in [0.25, 0.3) is 0 Å². The van der Waals surface area contributed by atoms with Crippen molar-refractivity contribution in [2.24, 2.45) is 0 Å². The van der Waals surface area contributed by atoms with E-state index in [0.29, 0.717) is 42.2 Å². The van der Waals surface area contributed by atoms with E-state index in [1.807, 2.05) is 39.0 Å². The minimum atomic E-state index is -0.674. The average Bonchev–Trinajstić information content (AvgIpc) is 2.95. The number of halogens is 1. The first-order valence-electron chi connectivity index (χ1n) is 13.5. The summed E-state index contributed by atoms with van der Waals surface area (Å²) in [6.07, 6.45) is 1.53. The molecule has 0 unspecified atom stereocenters. The van der Waals surface area contributed by atoms with Gasteiger partial charge < -0.3 is 23.8 Å². The predicted molar refractivity (Wildman–Crippen MR) is 155 cm³/mol. The van der Waals surface area contributed by atoms with E-state index in [4.69, 9.17) is 18.9 Å². The van der Waals surface area contributed by atoms with Gasteiger partial charge in [0, 0.05) is 18.7 Å². The lowest BCUT2D eigenvalue weighted by atomic mass is 9.89. The number of ether oxygens (including phenoxy) is 4. The fourth-order valence-electron chi connectivity index (χ4n) is 4.58. The summed E-state index contributed by atoms with van der Waals surface area (Å²) in [5.74, 6) is 1.12. The maximum absolute atomic E-state index is 13.4. The number of carbonyl (C=O) groups is 2. The van der Waals surface area contributed by atoms with Crippen molar-refractivity contribution in [2.75, 3.05) is 27.3 Å². The van der Waals surface area contributed by atoms with Gasteiger partial charge in [-0.1, -0.05) is 18.2 Å². The Hall–Kier alpha value is -4.33. The van der Waals surface area contributed by atoms with E-state index in [1.165, 1.54) is 19.2 Å². The molecule has 8 heteroatoms. The van der Waals surface area contributed by atoms with E-state index in [1.54, 1.807) is 48.4 Å². The molecule has 0 aliphatic heterocycles. The van der Waals surface area contributed by atoms with Crippen molar-refractivity contribution in [3.05, 3.63) is 100 Å². The Bertz CT molecular complexity index is 1410. The summed E-state index contributed by atoms with van der Waals surface area (Å²) in [6.45, 7) is 6.15. The predicted octanol–water partition coefficient (Wildman–Crippen LogP) is 6.84. The van der Waals surface area contributed by atoms with Gasteiger partial charge in [-0.25, -0.2) is 14.0 Å². The number of methoxy groups -OCH3 is 2. The van der Waals surface area contributed by atoms with Crippen LogP contribution in [0.3, 0.4) is 0 Å². The molecule has 216 valence electrons. The highest BCUT2D eigenvalue weighted by Gasteiger charge is 2.28. The molecule has 0 atom stereocenters. The zero-order valence-corrected chi connectivity index (χ0v) is 24.2. The molecular formula is C33H36FNO6. The first kappa shape index (κ1) is 29.6. The molecule has 0 radical (unpaired) electrons. The first-order valence-corrected chi connectivity index (χ1v) is 13.5. The molecule has 0 heterocycles. The minimum Gasteiger partial charge on any atom is -0.497 e. The average molecular weight is 562 g/mol. The summed E-state index contributed by atoms with van der Waals surface area (Å²) in [7, 11) is 2.95. The van der Waals surface area contributed by atoms with Crippen molar-refractivity contribution in [2.45, 2.75) is 45.6 Å². The SMILES string of the molecule is COC(=O)c1ccc(OC2=C(CN(CCc3ccc(F)cc3)C(=O)OC(C)(C)C)CCc3ccc(OC)cc32)cc1. The third kappa shape index (κ3) is 7.87. The van der Waals surface area contributed by atoms with Crippen molar-refractivity contribution < 1.29 is 32.9 Å². The molecule has 0 saturated carbocycles. The van der Waals surface area contributed by atoms with Crippen LogP contribution in [-0.4, -0.2) is 49.9 Å².